The number of hydrogen-bond acceptors (Lipinski definition) is 5. The first-order valence-electron chi connectivity index (χ1n) is 8.17. The molecule has 1 aromatic rings. The monoisotopic (exact) mass is 335 g/mol. The minimum Gasteiger partial charge on any atom is -0.385 e. The zero-order valence-corrected chi connectivity index (χ0v) is 14.0. The van der Waals surface area contributed by atoms with Crippen LogP contribution in [-0.2, 0) is 14.3 Å². The van der Waals surface area contributed by atoms with Gasteiger partial charge in [0, 0.05) is 44.6 Å². The van der Waals surface area contributed by atoms with Crippen molar-refractivity contribution in [3.63, 3.8) is 0 Å². The van der Waals surface area contributed by atoms with Crippen LogP contribution in [0.25, 0.3) is 0 Å². The third-order valence-electron chi connectivity index (χ3n) is 3.77. The molecular weight excluding hydrogens is 310 g/mol. The molecule has 0 spiro atoms. The summed E-state index contributed by atoms with van der Waals surface area (Å²) in [5.74, 6) is -0.0553. The van der Waals surface area contributed by atoms with E-state index in [2.05, 4.69) is 10.6 Å². The van der Waals surface area contributed by atoms with Gasteiger partial charge < -0.3 is 25.0 Å². The topological polar surface area (TPSA) is 79.9 Å². The molecule has 0 atom stereocenters. The summed E-state index contributed by atoms with van der Waals surface area (Å²) in [7, 11) is 1.64. The highest BCUT2D eigenvalue weighted by Gasteiger charge is 2.16. The number of carbonyl (C=O) groups is 2. The van der Waals surface area contributed by atoms with Crippen LogP contribution in [0.5, 0.6) is 0 Å². The second kappa shape index (κ2) is 9.89. The van der Waals surface area contributed by atoms with Crippen LogP contribution in [0.3, 0.4) is 0 Å². The van der Waals surface area contributed by atoms with E-state index < -0.39 is 0 Å². The Labute approximate surface area is 142 Å². The smallest absolute Gasteiger partial charge is 0.251 e. The maximum absolute atomic E-state index is 12.1. The third kappa shape index (κ3) is 5.82. The van der Waals surface area contributed by atoms with Crippen LogP contribution in [0, 0.1) is 0 Å². The molecule has 0 aromatic heterocycles. The fourth-order valence-corrected chi connectivity index (χ4v) is 2.36. The van der Waals surface area contributed by atoms with E-state index in [9.17, 15) is 9.59 Å². The Morgan fingerprint density at radius 1 is 1.21 bits per heavy atom. The van der Waals surface area contributed by atoms with Crippen molar-refractivity contribution in [1.82, 2.24) is 10.2 Å². The second-order valence-corrected chi connectivity index (χ2v) is 5.53. The van der Waals surface area contributed by atoms with Gasteiger partial charge in [-0.25, -0.2) is 0 Å². The lowest BCUT2D eigenvalue weighted by Crippen LogP contribution is -2.43. The molecular formula is C17H25N3O4. The van der Waals surface area contributed by atoms with Crippen LogP contribution in [0.2, 0.25) is 0 Å². The third-order valence-corrected chi connectivity index (χ3v) is 3.77. The highest BCUT2D eigenvalue weighted by Crippen LogP contribution is 2.10. The van der Waals surface area contributed by atoms with Gasteiger partial charge in [0.15, 0.2) is 0 Å². The lowest BCUT2D eigenvalue weighted by molar-refractivity contribution is -0.133. The van der Waals surface area contributed by atoms with Gasteiger partial charge in [0.25, 0.3) is 5.91 Å². The highest BCUT2D eigenvalue weighted by atomic mass is 16.5. The number of ether oxygens (including phenoxy) is 2. The molecule has 0 saturated carbocycles. The molecule has 0 radical (unpaired) electrons. The van der Waals surface area contributed by atoms with E-state index in [0.717, 1.165) is 12.1 Å². The zero-order chi connectivity index (χ0) is 17.2. The summed E-state index contributed by atoms with van der Waals surface area (Å²) in [6.07, 6.45) is 0.783. The Balaban J connectivity index is 1.74. The molecule has 2 rings (SSSR count). The minimum atomic E-state index is -0.109. The van der Waals surface area contributed by atoms with Crippen molar-refractivity contribution in [1.29, 1.82) is 0 Å². The van der Waals surface area contributed by atoms with Gasteiger partial charge in [-0.2, -0.15) is 0 Å². The van der Waals surface area contributed by atoms with E-state index >= 15 is 0 Å². The van der Waals surface area contributed by atoms with Crippen LogP contribution in [-0.4, -0.2) is 69.8 Å². The Bertz CT molecular complexity index is 527. The summed E-state index contributed by atoms with van der Waals surface area (Å²) in [4.78, 5) is 25.8. The van der Waals surface area contributed by atoms with E-state index in [0.29, 0.717) is 45.0 Å². The average molecular weight is 335 g/mol. The summed E-state index contributed by atoms with van der Waals surface area (Å²) in [5.41, 5.74) is 1.41. The summed E-state index contributed by atoms with van der Waals surface area (Å²) in [6.45, 7) is 3.93. The summed E-state index contributed by atoms with van der Waals surface area (Å²) >= 11 is 0. The molecule has 7 heteroatoms. The standard InChI is InChI=1S/C17H25N3O4/c1-23-10-2-7-18-17(22)14-3-5-15(6-4-14)19-13-16(21)20-8-11-24-12-9-20/h3-6,19H,2,7-13H2,1H3,(H,18,22). The van der Waals surface area contributed by atoms with Crippen molar-refractivity contribution in [3.05, 3.63) is 29.8 Å². The van der Waals surface area contributed by atoms with E-state index in [4.69, 9.17) is 9.47 Å². The van der Waals surface area contributed by atoms with Crippen molar-refractivity contribution in [2.24, 2.45) is 0 Å². The Morgan fingerprint density at radius 3 is 2.58 bits per heavy atom. The molecule has 1 heterocycles. The fourth-order valence-electron chi connectivity index (χ4n) is 2.36. The molecule has 0 aliphatic carbocycles. The lowest BCUT2D eigenvalue weighted by atomic mass is 10.2. The predicted octanol–water partition coefficient (Wildman–Crippen LogP) is 0.724. The van der Waals surface area contributed by atoms with Gasteiger partial charge in [0.05, 0.1) is 19.8 Å². The normalized spacial score (nSPS) is 14.3. The minimum absolute atomic E-state index is 0.0539. The summed E-state index contributed by atoms with van der Waals surface area (Å²) in [6, 6.07) is 7.09. The summed E-state index contributed by atoms with van der Waals surface area (Å²) in [5, 5.41) is 5.92. The SMILES string of the molecule is COCCCNC(=O)c1ccc(NCC(=O)N2CCOCC2)cc1. The lowest BCUT2D eigenvalue weighted by Gasteiger charge is -2.27. The maximum Gasteiger partial charge on any atom is 0.251 e. The molecule has 1 saturated heterocycles. The first kappa shape index (κ1) is 18.2. The van der Waals surface area contributed by atoms with Crippen molar-refractivity contribution in [2.45, 2.75) is 6.42 Å². The van der Waals surface area contributed by atoms with Gasteiger partial charge >= 0.3 is 0 Å². The molecule has 1 aliphatic rings. The number of amides is 2. The Kier molecular flexibility index (Phi) is 7.51. The largest absolute Gasteiger partial charge is 0.385 e. The maximum atomic E-state index is 12.1. The Morgan fingerprint density at radius 2 is 1.92 bits per heavy atom. The quantitative estimate of drug-likeness (QED) is 0.685. The van der Waals surface area contributed by atoms with Crippen molar-refractivity contribution < 1.29 is 19.1 Å². The van der Waals surface area contributed by atoms with E-state index in [1.54, 1.807) is 36.3 Å². The molecule has 0 bridgehead atoms. The van der Waals surface area contributed by atoms with Crippen LogP contribution in [0.15, 0.2) is 24.3 Å². The molecule has 1 aromatic carbocycles. The van der Waals surface area contributed by atoms with Gasteiger partial charge in [-0.1, -0.05) is 0 Å². The van der Waals surface area contributed by atoms with E-state index in [1.165, 1.54) is 0 Å². The van der Waals surface area contributed by atoms with Gasteiger partial charge in [0.1, 0.15) is 0 Å². The number of carbonyl (C=O) groups excluding carboxylic acids is 2. The molecule has 132 valence electrons. The number of benzene rings is 1. The first-order valence-corrected chi connectivity index (χ1v) is 8.17. The number of nitrogens with zero attached hydrogens (tertiary/aromatic N) is 1. The molecule has 1 aliphatic heterocycles. The molecule has 7 nitrogen and oxygen atoms in total. The first-order chi connectivity index (χ1) is 11.7. The molecule has 1 fully saturated rings. The molecule has 2 N–H and O–H groups in total. The average Bonchev–Trinajstić information content (AvgIpc) is 2.64. The number of hydrogen-bond donors (Lipinski definition) is 2. The van der Waals surface area contributed by atoms with Gasteiger partial charge in [-0.15, -0.1) is 0 Å². The Hall–Kier alpha value is -2.12. The number of rotatable bonds is 8. The van der Waals surface area contributed by atoms with Gasteiger partial charge in [-0.05, 0) is 30.7 Å². The van der Waals surface area contributed by atoms with Crippen LogP contribution in [0.4, 0.5) is 5.69 Å². The van der Waals surface area contributed by atoms with Crippen LogP contribution in [0.1, 0.15) is 16.8 Å². The zero-order valence-electron chi connectivity index (χ0n) is 14.0. The predicted molar refractivity (Wildman–Crippen MR) is 91.2 cm³/mol. The highest BCUT2D eigenvalue weighted by molar-refractivity contribution is 5.94. The number of anilines is 1. The van der Waals surface area contributed by atoms with E-state index in [-0.39, 0.29) is 18.4 Å². The molecule has 0 unspecified atom stereocenters. The van der Waals surface area contributed by atoms with E-state index in [1.807, 2.05) is 0 Å². The summed E-state index contributed by atoms with van der Waals surface area (Å²) < 4.78 is 10.2. The van der Waals surface area contributed by atoms with Gasteiger partial charge in [0.2, 0.25) is 5.91 Å². The number of nitrogens with one attached hydrogen (secondary N) is 2. The number of methoxy groups -OCH3 is 1. The van der Waals surface area contributed by atoms with Crippen molar-refractivity contribution in [2.75, 3.05) is 58.4 Å². The molecule has 2 amide bonds. The van der Waals surface area contributed by atoms with Crippen LogP contribution < -0.4 is 10.6 Å². The number of morpholine rings is 1. The van der Waals surface area contributed by atoms with Crippen molar-refractivity contribution >= 4 is 17.5 Å². The molecule has 24 heavy (non-hydrogen) atoms. The van der Waals surface area contributed by atoms with Gasteiger partial charge in [-0.3, -0.25) is 9.59 Å². The van der Waals surface area contributed by atoms with Crippen LogP contribution >= 0.6 is 0 Å². The van der Waals surface area contributed by atoms with Crippen molar-refractivity contribution in [3.8, 4) is 0 Å². The fraction of sp³-hybridized carbons (Fsp3) is 0.529. The second-order valence-electron chi connectivity index (χ2n) is 5.53.